The maximum Gasteiger partial charge on any atom is 0.257 e. The van der Waals surface area contributed by atoms with E-state index in [0.29, 0.717) is 22.6 Å². The maximum absolute atomic E-state index is 14.6. The van der Waals surface area contributed by atoms with Crippen LogP contribution in [0.1, 0.15) is 27.4 Å². The summed E-state index contributed by atoms with van der Waals surface area (Å²) in [7, 11) is 1.80. The molecule has 142 valence electrons. The second-order valence-electron chi connectivity index (χ2n) is 6.76. The number of aryl methyl sites for hydroxylation is 4. The van der Waals surface area contributed by atoms with E-state index >= 15 is 0 Å². The van der Waals surface area contributed by atoms with E-state index < -0.39 is 5.82 Å². The average molecular weight is 378 g/mol. The Morgan fingerprint density at radius 2 is 1.89 bits per heavy atom. The third kappa shape index (κ3) is 3.02. The Kier molecular flexibility index (Phi) is 4.18. The van der Waals surface area contributed by atoms with Gasteiger partial charge in [-0.15, -0.1) is 0 Å². The van der Waals surface area contributed by atoms with E-state index in [9.17, 15) is 9.18 Å². The summed E-state index contributed by atoms with van der Waals surface area (Å²) < 4.78 is 17.8. The molecular formula is C20H19FN6O. The van der Waals surface area contributed by atoms with Crippen LogP contribution in [0.25, 0.3) is 16.7 Å². The standard InChI is InChI=1S/C20H19FN6O/c1-11-7-12(2)27(24-11)18-6-5-15(9-17(18)21)23-20(28)14-8-16-13(3)25-26(4)19(16)22-10-14/h5-10H,1-4H3,(H,23,28). The number of carbonyl (C=O) groups is 1. The van der Waals surface area contributed by atoms with Crippen molar-refractivity contribution in [1.29, 1.82) is 0 Å². The fourth-order valence-corrected chi connectivity index (χ4v) is 3.26. The van der Waals surface area contributed by atoms with Crippen molar-refractivity contribution in [3.05, 3.63) is 65.0 Å². The molecule has 0 spiro atoms. The molecule has 3 aromatic heterocycles. The number of fused-ring (bicyclic) bond motifs is 1. The van der Waals surface area contributed by atoms with Crippen LogP contribution in [0.3, 0.4) is 0 Å². The molecule has 1 aromatic carbocycles. The third-order valence-electron chi connectivity index (χ3n) is 4.57. The SMILES string of the molecule is Cc1cc(C)n(-c2ccc(NC(=O)c3cnc4c(c3)c(C)nn4C)cc2F)n1. The Labute approximate surface area is 160 Å². The number of amides is 1. The molecule has 0 unspecified atom stereocenters. The lowest BCUT2D eigenvalue weighted by atomic mass is 10.2. The van der Waals surface area contributed by atoms with Crippen LogP contribution in [0.2, 0.25) is 0 Å². The van der Waals surface area contributed by atoms with Gasteiger partial charge < -0.3 is 5.32 Å². The van der Waals surface area contributed by atoms with Gasteiger partial charge in [0, 0.05) is 30.0 Å². The molecule has 0 bridgehead atoms. The Balaban J connectivity index is 1.60. The van der Waals surface area contributed by atoms with Gasteiger partial charge >= 0.3 is 0 Å². The topological polar surface area (TPSA) is 77.6 Å². The minimum absolute atomic E-state index is 0.331. The molecule has 4 aromatic rings. The zero-order chi connectivity index (χ0) is 20.0. The number of nitrogens with one attached hydrogen (secondary N) is 1. The van der Waals surface area contributed by atoms with Crippen LogP contribution in [0.15, 0.2) is 36.5 Å². The van der Waals surface area contributed by atoms with Gasteiger partial charge in [0.05, 0.1) is 17.0 Å². The van der Waals surface area contributed by atoms with Crippen molar-refractivity contribution in [1.82, 2.24) is 24.5 Å². The summed E-state index contributed by atoms with van der Waals surface area (Å²) in [4.78, 5) is 16.9. The maximum atomic E-state index is 14.6. The van der Waals surface area contributed by atoms with Crippen molar-refractivity contribution in [2.75, 3.05) is 5.32 Å². The van der Waals surface area contributed by atoms with Gasteiger partial charge in [0.15, 0.2) is 11.5 Å². The van der Waals surface area contributed by atoms with Crippen LogP contribution in [-0.2, 0) is 7.05 Å². The molecule has 0 radical (unpaired) electrons. The Morgan fingerprint density at radius 1 is 1.11 bits per heavy atom. The van der Waals surface area contributed by atoms with Gasteiger partial charge in [0.2, 0.25) is 0 Å². The van der Waals surface area contributed by atoms with Gasteiger partial charge in [-0.1, -0.05) is 0 Å². The number of rotatable bonds is 3. The van der Waals surface area contributed by atoms with E-state index in [2.05, 4.69) is 20.5 Å². The molecular weight excluding hydrogens is 359 g/mol. The molecule has 8 heteroatoms. The van der Waals surface area contributed by atoms with E-state index in [1.54, 1.807) is 34.6 Å². The highest BCUT2D eigenvalue weighted by atomic mass is 19.1. The van der Waals surface area contributed by atoms with Crippen LogP contribution in [-0.4, -0.2) is 30.5 Å². The third-order valence-corrected chi connectivity index (χ3v) is 4.57. The number of hydrogen-bond donors (Lipinski definition) is 1. The van der Waals surface area contributed by atoms with Crippen molar-refractivity contribution in [3.8, 4) is 5.69 Å². The molecule has 0 atom stereocenters. The second kappa shape index (κ2) is 6.56. The molecule has 0 saturated heterocycles. The van der Waals surface area contributed by atoms with Gasteiger partial charge in [-0.05, 0) is 51.1 Å². The molecule has 0 aliphatic heterocycles. The molecule has 4 rings (SSSR count). The van der Waals surface area contributed by atoms with Gasteiger partial charge in [0.25, 0.3) is 5.91 Å². The number of carbonyl (C=O) groups excluding carboxylic acids is 1. The monoisotopic (exact) mass is 378 g/mol. The lowest BCUT2D eigenvalue weighted by Gasteiger charge is -2.09. The van der Waals surface area contributed by atoms with E-state index in [-0.39, 0.29) is 5.91 Å². The second-order valence-corrected chi connectivity index (χ2v) is 6.76. The molecule has 1 amide bonds. The van der Waals surface area contributed by atoms with Crippen molar-refractivity contribution in [3.63, 3.8) is 0 Å². The minimum Gasteiger partial charge on any atom is -0.322 e. The van der Waals surface area contributed by atoms with Crippen LogP contribution < -0.4 is 5.32 Å². The number of aromatic nitrogens is 5. The van der Waals surface area contributed by atoms with Gasteiger partial charge in [0.1, 0.15) is 5.69 Å². The summed E-state index contributed by atoms with van der Waals surface area (Å²) in [6.07, 6.45) is 1.49. The number of benzene rings is 1. The number of anilines is 1. The van der Waals surface area contributed by atoms with Gasteiger partial charge in [-0.2, -0.15) is 10.2 Å². The quantitative estimate of drug-likeness (QED) is 0.592. The Bertz CT molecular complexity index is 1220. The smallest absolute Gasteiger partial charge is 0.257 e. The van der Waals surface area contributed by atoms with E-state index in [1.165, 1.54) is 12.3 Å². The van der Waals surface area contributed by atoms with Gasteiger partial charge in [-0.25, -0.2) is 14.1 Å². The minimum atomic E-state index is -0.472. The normalized spacial score (nSPS) is 11.2. The lowest BCUT2D eigenvalue weighted by molar-refractivity contribution is 0.102. The molecule has 0 aliphatic carbocycles. The number of halogens is 1. The predicted octanol–water partition coefficient (Wildman–Crippen LogP) is 3.47. The molecule has 0 saturated carbocycles. The van der Waals surface area contributed by atoms with Crippen molar-refractivity contribution < 1.29 is 9.18 Å². The first-order valence-corrected chi connectivity index (χ1v) is 8.77. The van der Waals surface area contributed by atoms with Crippen LogP contribution in [0, 0.1) is 26.6 Å². The summed E-state index contributed by atoms with van der Waals surface area (Å²) in [6.45, 7) is 5.57. The fourth-order valence-electron chi connectivity index (χ4n) is 3.26. The highest BCUT2D eigenvalue weighted by Gasteiger charge is 2.14. The van der Waals surface area contributed by atoms with Crippen molar-refractivity contribution in [2.24, 2.45) is 7.05 Å². The summed E-state index contributed by atoms with van der Waals surface area (Å²) >= 11 is 0. The Hall–Kier alpha value is -3.55. The zero-order valence-electron chi connectivity index (χ0n) is 16.0. The average Bonchev–Trinajstić information content (AvgIpc) is 3.13. The zero-order valence-corrected chi connectivity index (χ0v) is 16.0. The summed E-state index contributed by atoms with van der Waals surface area (Å²) in [5, 5.41) is 12.1. The first-order valence-electron chi connectivity index (χ1n) is 8.77. The highest BCUT2D eigenvalue weighted by Crippen LogP contribution is 2.21. The molecule has 28 heavy (non-hydrogen) atoms. The van der Waals surface area contributed by atoms with Crippen LogP contribution >= 0.6 is 0 Å². The molecule has 0 aliphatic rings. The van der Waals surface area contributed by atoms with Gasteiger partial charge in [-0.3, -0.25) is 9.48 Å². The molecule has 3 heterocycles. The number of hydrogen-bond acceptors (Lipinski definition) is 4. The lowest BCUT2D eigenvalue weighted by Crippen LogP contribution is -2.13. The van der Waals surface area contributed by atoms with Crippen LogP contribution in [0.5, 0.6) is 0 Å². The summed E-state index contributed by atoms with van der Waals surface area (Å²) in [5.74, 6) is -0.836. The van der Waals surface area contributed by atoms with E-state index in [1.807, 2.05) is 26.8 Å². The number of pyridine rings is 1. The molecule has 1 N–H and O–H groups in total. The largest absolute Gasteiger partial charge is 0.322 e. The predicted molar refractivity (Wildman–Crippen MR) is 104 cm³/mol. The molecule has 0 fully saturated rings. The van der Waals surface area contributed by atoms with E-state index in [4.69, 9.17) is 0 Å². The van der Waals surface area contributed by atoms with E-state index in [0.717, 1.165) is 22.5 Å². The molecule has 7 nitrogen and oxygen atoms in total. The van der Waals surface area contributed by atoms with Crippen molar-refractivity contribution in [2.45, 2.75) is 20.8 Å². The first-order chi connectivity index (χ1) is 13.3. The highest BCUT2D eigenvalue weighted by molar-refractivity contribution is 6.05. The number of nitrogens with zero attached hydrogens (tertiary/aromatic N) is 5. The Morgan fingerprint density at radius 3 is 2.57 bits per heavy atom. The van der Waals surface area contributed by atoms with Crippen molar-refractivity contribution >= 4 is 22.6 Å². The summed E-state index contributed by atoms with van der Waals surface area (Å²) in [6, 6.07) is 8.13. The fraction of sp³-hybridized carbons (Fsp3) is 0.200. The van der Waals surface area contributed by atoms with Crippen LogP contribution in [0.4, 0.5) is 10.1 Å². The summed E-state index contributed by atoms with van der Waals surface area (Å²) in [5.41, 5.74) is 4.21. The first kappa shape index (κ1) is 17.8.